The Morgan fingerprint density at radius 3 is 2.57 bits per heavy atom. The minimum atomic E-state index is -1.29. The Hall–Kier alpha value is -3.13. The van der Waals surface area contributed by atoms with Gasteiger partial charge in [-0.2, -0.15) is 0 Å². The molecule has 35 heavy (non-hydrogen) atoms. The van der Waals surface area contributed by atoms with Gasteiger partial charge in [-0.15, -0.1) is 0 Å². The lowest BCUT2D eigenvalue weighted by Crippen LogP contribution is -2.69. The van der Waals surface area contributed by atoms with E-state index < -0.39 is 63.5 Å². The van der Waals surface area contributed by atoms with Gasteiger partial charge in [-0.1, -0.05) is 32.1 Å². The number of aliphatic hydroxyl groups is 1. The smallest absolute Gasteiger partial charge is 0.339 e. The van der Waals surface area contributed by atoms with Crippen molar-refractivity contribution >= 4 is 17.7 Å². The van der Waals surface area contributed by atoms with Crippen molar-refractivity contribution in [3.63, 3.8) is 0 Å². The predicted octanol–water partition coefficient (Wildman–Crippen LogP) is 4.14. The van der Waals surface area contributed by atoms with Crippen molar-refractivity contribution in [1.82, 2.24) is 0 Å². The SMILES string of the molecule is C=C(C)C1=C(O)C(=O)[C@]2(C)[C@H](CC[C@@]3(C)[C@H](c4ccoc4)OC(=O)[C@H]4O[C@]432)[C@@]1(C)/C=C\C(=O)OC. The Balaban J connectivity index is 1.74. The number of allylic oxidation sites excluding steroid dienone is 4. The molecule has 1 saturated carbocycles. The van der Waals surface area contributed by atoms with Crippen molar-refractivity contribution in [2.45, 2.75) is 58.3 Å². The molecular formula is C27H30O8. The molecule has 0 bridgehead atoms. The average molecular weight is 483 g/mol. The minimum absolute atomic E-state index is 0.382. The van der Waals surface area contributed by atoms with Crippen LogP contribution in [0.5, 0.6) is 0 Å². The van der Waals surface area contributed by atoms with Crippen molar-refractivity contribution < 1.29 is 38.1 Å². The number of carbonyl (C=O) groups is 3. The molecular weight excluding hydrogens is 452 g/mol. The second kappa shape index (κ2) is 7.20. The molecule has 5 rings (SSSR count). The second-order valence-electron chi connectivity index (χ2n) is 10.8. The fourth-order valence-electron chi connectivity index (χ4n) is 7.65. The highest BCUT2D eigenvalue weighted by Crippen LogP contribution is 2.77. The van der Waals surface area contributed by atoms with Crippen LogP contribution in [0.3, 0.4) is 0 Å². The van der Waals surface area contributed by atoms with E-state index in [1.165, 1.54) is 25.7 Å². The molecule has 0 radical (unpaired) electrons. The van der Waals surface area contributed by atoms with Crippen molar-refractivity contribution in [1.29, 1.82) is 0 Å². The van der Waals surface area contributed by atoms with Gasteiger partial charge in [0.2, 0.25) is 5.78 Å². The topological polar surface area (TPSA) is 116 Å². The van der Waals surface area contributed by atoms with Crippen LogP contribution in [-0.4, -0.2) is 41.6 Å². The zero-order valence-corrected chi connectivity index (χ0v) is 20.5. The monoisotopic (exact) mass is 482 g/mol. The highest BCUT2D eigenvalue weighted by molar-refractivity contribution is 6.04. The molecule has 186 valence electrons. The molecule has 8 heteroatoms. The first-order valence-electron chi connectivity index (χ1n) is 11.7. The molecule has 1 aromatic heterocycles. The van der Waals surface area contributed by atoms with E-state index in [1.807, 2.05) is 13.8 Å². The van der Waals surface area contributed by atoms with Crippen LogP contribution in [0, 0.1) is 22.2 Å². The largest absolute Gasteiger partial charge is 0.504 e. The number of aliphatic hydroxyl groups excluding tert-OH is 1. The summed E-state index contributed by atoms with van der Waals surface area (Å²) in [7, 11) is 1.29. The molecule has 7 atom stereocenters. The summed E-state index contributed by atoms with van der Waals surface area (Å²) in [5.74, 6) is -2.39. The maximum absolute atomic E-state index is 14.1. The number of ether oxygens (including phenoxy) is 3. The molecule has 2 aliphatic heterocycles. The highest BCUT2D eigenvalue weighted by Gasteiger charge is 2.88. The van der Waals surface area contributed by atoms with E-state index in [9.17, 15) is 19.5 Å². The summed E-state index contributed by atoms with van der Waals surface area (Å²) in [6, 6.07) is 1.75. The van der Waals surface area contributed by atoms with E-state index in [0.29, 0.717) is 29.6 Å². The van der Waals surface area contributed by atoms with Gasteiger partial charge in [0.1, 0.15) is 11.7 Å². The van der Waals surface area contributed by atoms with Gasteiger partial charge in [0.15, 0.2) is 11.9 Å². The first-order valence-corrected chi connectivity index (χ1v) is 11.7. The molecule has 4 aliphatic rings. The predicted molar refractivity (Wildman–Crippen MR) is 123 cm³/mol. The molecule has 8 nitrogen and oxygen atoms in total. The van der Waals surface area contributed by atoms with E-state index >= 15 is 0 Å². The zero-order valence-electron chi connectivity index (χ0n) is 20.5. The van der Waals surface area contributed by atoms with Gasteiger partial charge in [0.25, 0.3) is 0 Å². The molecule has 2 saturated heterocycles. The average Bonchev–Trinajstić information content (AvgIpc) is 3.38. The van der Waals surface area contributed by atoms with Crippen LogP contribution in [0.4, 0.5) is 0 Å². The molecule has 1 spiro atoms. The van der Waals surface area contributed by atoms with E-state index in [4.69, 9.17) is 18.6 Å². The van der Waals surface area contributed by atoms with Crippen molar-refractivity contribution in [3.05, 3.63) is 59.8 Å². The number of carbonyl (C=O) groups excluding carboxylic acids is 3. The standard InChI is InChI=1S/C27H30O8/c1-14(2)18-19(29)20(30)26(5)16(24(18,3)10-8-17(28)32-6)7-11-25(4)21(15-9-12-33-13-15)34-23(31)22-27(25,26)35-22/h8-10,12-13,16,21-22,29H,1,7,11H2,2-6H3/b10-8-/t16-,21+,22-,24-,25+,26+,27-/m1/s1. The van der Waals surface area contributed by atoms with E-state index in [-0.39, 0.29) is 0 Å². The number of fused-ring (bicyclic) bond motifs is 1. The first-order chi connectivity index (χ1) is 16.4. The number of esters is 2. The highest BCUT2D eigenvalue weighted by atomic mass is 16.7. The summed E-state index contributed by atoms with van der Waals surface area (Å²) in [6.45, 7) is 11.4. The van der Waals surface area contributed by atoms with Crippen LogP contribution in [0.2, 0.25) is 0 Å². The number of epoxide rings is 1. The number of hydrogen-bond donors (Lipinski definition) is 1. The molecule has 2 aliphatic carbocycles. The second-order valence-corrected chi connectivity index (χ2v) is 10.8. The van der Waals surface area contributed by atoms with Crippen LogP contribution in [0.25, 0.3) is 0 Å². The zero-order chi connectivity index (χ0) is 25.6. The van der Waals surface area contributed by atoms with Gasteiger partial charge < -0.3 is 23.7 Å². The lowest BCUT2D eigenvalue weighted by molar-refractivity contribution is -0.196. The molecule has 0 aromatic carbocycles. The Morgan fingerprint density at radius 1 is 1.26 bits per heavy atom. The number of rotatable bonds is 4. The van der Waals surface area contributed by atoms with Crippen LogP contribution in [-0.2, 0) is 28.6 Å². The van der Waals surface area contributed by atoms with Crippen molar-refractivity contribution in [2.24, 2.45) is 22.2 Å². The fraction of sp³-hybridized carbons (Fsp3) is 0.519. The van der Waals surface area contributed by atoms with Gasteiger partial charge in [0, 0.05) is 28.0 Å². The number of Topliss-reactive ketones (excluding diaryl/α,β-unsaturated/α-hetero) is 1. The molecule has 3 heterocycles. The summed E-state index contributed by atoms with van der Waals surface area (Å²) < 4.78 is 22.2. The Bertz CT molecular complexity index is 1210. The van der Waals surface area contributed by atoms with Crippen LogP contribution in [0.15, 0.2) is 58.6 Å². The molecule has 1 aromatic rings. The van der Waals surface area contributed by atoms with Gasteiger partial charge in [-0.3, -0.25) is 4.79 Å². The maximum Gasteiger partial charge on any atom is 0.339 e. The molecule has 0 amide bonds. The van der Waals surface area contributed by atoms with Gasteiger partial charge in [-0.05, 0) is 38.7 Å². The number of hydrogen-bond acceptors (Lipinski definition) is 8. The van der Waals surface area contributed by atoms with Gasteiger partial charge in [0.05, 0.1) is 25.1 Å². The summed E-state index contributed by atoms with van der Waals surface area (Å²) in [5.41, 5.74) is -2.61. The summed E-state index contributed by atoms with van der Waals surface area (Å²) in [6.07, 6.45) is 5.56. The lowest BCUT2D eigenvalue weighted by Gasteiger charge is -2.62. The third kappa shape index (κ3) is 2.63. The number of cyclic esters (lactones) is 1. The van der Waals surface area contributed by atoms with Gasteiger partial charge >= 0.3 is 11.9 Å². The number of furan rings is 1. The third-order valence-electron chi connectivity index (χ3n) is 9.14. The normalized spacial score (nSPS) is 42.1. The van der Waals surface area contributed by atoms with Crippen molar-refractivity contribution in [2.75, 3.05) is 7.11 Å². The number of methoxy groups -OCH3 is 1. The summed E-state index contributed by atoms with van der Waals surface area (Å²) in [4.78, 5) is 39.2. The van der Waals surface area contributed by atoms with Crippen LogP contribution >= 0.6 is 0 Å². The minimum Gasteiger partial charge on any atom is -0.504 e. The van der Waals surface area contributed by atoms with E-state index in [2.05, 4.69) is 6.58 Å². The molecule has 3 fully saturated rings. The summed E-state index contributed by atoms with van der Waals surface area (Å²) in [5, 5.41) is 11.3. The van der Waals surface area contributed by atoms with Crippen molar-refractivity contribution in [3.8, 4) is 0 Å². The van der Waals surface area contributed by atoms with E-state index in [1.54, 1.807) is 26.0 Å². The number of ketones is 1. The van der Waals surface area contributed by atoms with Crippen LogP contribution < -0.4 is 0 Å². The molecule has 0 unspecified atom stereocenters. The molecule has 1 N–H and O–H groups in total. The Kier molecular flexibility index (Phi) is 4.85. The van der Waals surface area contributed by atoms with Crippen LogP contribution in [0.1, 0.15) is 52.2 Å². The lowest BCUT2D eigenvalue weighted by atomic mass is 9.40. The fourth-order valence-corrected chi connectivity index (χ4v) is 7.65. The Morgan fingerprint density at radius 2 is 1.97 bits per heavy atom. The third-order valence-corrected chi connectivity index (χ3v) is 9.14. The quantitative estimate of drug-likeness (QED) is 0.387. The van der Waals surface area contributed by atoms with E-state index in [0.717, 1.165) is 0 Å². The first kappa shape index (κ1) is 23.6. The van der Waals surface area contributed by atoms with Gasteiger partial charge in [-0.25, -0.2) is 9.59 Å². The Labute approximate surface area is 203 Å². The summed E-state index contributed by atoms with van der Waals surface area (Å²) >= 11 is 0. The maximum atomic E-state index is 14.1.